The summed E-state index contributed by atoms with van der Waals surface area (Å²) in [6.45, 7) is 0. The molecule has 0 amide bonds. The molecular formula is C8H6BrN3O2. The van der Waals surface area contributed by atoms with Crippen molar-refractivity contribution in [1.29, 1.82) is 0 Å². The number of nitrogens with two attached hydrogens (primary N) is 1. The van der Waals surface area contributed by atoms with Gasteiger partial charge in [0.1, 0.15) is 21.8 Å². The molecular weight excluding hydrogens is 250 g/mol. The van der Waals surface area contributed by atoms with Gasteiger partial charge in [-0.25, -0.2) is 9.78 Å². The topological polar surface area (TPSA) is 80.6 Å². The second-order valence-corrected chi connectivity index (χ2v) is 3.45. The van der Waals surface area contributed by atoms with Gasteiger partial charge in [-0.05, 0) is 28.1 Å². The van der Waals surface area contributed by atoms with Crippen LogP contribution in [0.2, 0.25) is 0 Å². The Hall–Kier alpha value is -1.56. The summed E-state index contributed by atoms with van der Waals surface area (Å²) in [5.41, 5.74) is 6.27. The lowest BCUT2D eigenvalue weighted by Crippen LogP contribution is -2.06. The quantitative estimate of drug-likeness (QED) is 0.807. The van der Waals surface area contributed by atoms with Gasteiger partial charge in [0.15, 0.2) is 0 Å². The average Bonchev–Trinajstić information content (AvgIpc) is 2.43. The minimum absolute atomic E-state index is 0.0956. The lowest BCUT2D eigenvalue weighted by molar-refractivity contribution is 0.0689. The summed E-state index contributed by atoms with van der Waals surface area (Å²) in [5.74, 6) is -0.745. The van der Waals surface area contributed by atoms with Crippen molar-refractivity contribution in [3.05, 3.63) is 28.5 Å². The lowest BCUT2D eigenvalue weighted by atomic mass is 10.3. The second kappa shape index (κ2) is 2.98. The lowest BCUT2D eigenvalue weighted by Gasteiger charge is -2.00. The maximum atomic E-state index is 10.9. The Morgan fingerprint density at radius 2 is 2.29 bits per heavy atom. The third-order valence-electron chi connectivity index (χ3n) is 1.85. The van der Waals surface area contributed by atoms with Gasteiger partial charge >= 0.3 is 5.97 Å². The molecule has 0 bridgehead atoms. The van der Waals surface area contributed by atoms with E-state index < -0.39 is 5.97 Å². The van der Waals surface area contributed by atoms with Gasteiger partial charge in [0.25, 0.3) is 0 Å². The maximum Gasteiger partial charge on any atom is 0.352 e. The van der Waals surface area contributed by atoms with E-state index in [0.29, 0.717) is 10.3 Å². The molecule has 2 rings (SSSR count). The van der Waals surface area contributed by atoms with E-state index in [4.69, 9.17) is 10.8 Å². The third kappa shape index (κ3) is 1.15. The molecule has 5 nitrogen and oxygen atoms in total. The molecule has 6 heteroatoms. The van der Waals surface area contributed by atoms with Crippen LogP contribution in [0.4, 0.5) is 5.82 Å². The highest BCUT2D eigenvalue weighted by molar-refractivity contribution is 9.10. The molecule has 14 heavy (non-hydrogen) atoms. The number of halogens is 1. The van der Waals surface area contributed by atoms with E-state index in [1.54, 1.807) is 12.1 Å². The van der Waals surface area contributed by atoms with Gasteiger partial charge in [0.2, 0.25) is 0 Å². The predicted octanol–water partition coefficient (Wildman–Crippen LogP) is 1.38. The van der Waals surface area contributed by atoms with E-state index in [9.17, 15) is 4.79 Å². The Bertz CT molecular complexity index is 521. The first-order valence-electron chi connectivity index (χ1n) is 3.77. The van der Waals surface area contributed by atoms with Crippen LogP contribution in [0.1, 0.15) is 10.5 Å². The van der Waals surface area contributed by atoms with Crippen molar-refractivity contribution in [3.63, 3.8) is 0 Å². The summed E-state index contributed by atoms with van der Waals surface area (Å²) in [5, 5.41) is 8.90. The summed E-state index contributed by atoms with van der Waals surface area (Å²) >= 11 is 3.14. The molecule has 0 aromatic carbocycles. The first-order chi connectivity index (χ1) is 6.61. The zero-order valence-corrected chi connectivity index (χ0v) is 8.52. The molecule has 0 saturated carbocycles. The highest BCUT2D eigenvalue weighted by atomic mass is 79.9. The number of imidazole rings is 1. The number of fused-ring (bicyclic) bond motifs is 1. The van der Waals surface area contributed by atoms with Crippen LogP contribution in [-0.4, -0.2) is 20.5 Å². The van der Waals surface area contributed by atoms with Gasteiger partial charge in [-0.15, -0.1) is 0 Å². The molecule has 2 aromatic heterocycles. The molecule has 72 valence electrons. The van der Waals surface area contributed by atoms with Crippen molar-refractivity contribution in [3.8, 4) is 0 Å². The van der Waals surface area contributed by atoms with Crippen LogP contribution in [0.5, 0.6) is 0 Å². The number of carboxylic acid groups (broad SMARTS) is 1. The number of pyridine rings is 1. The first-order valence-corrected chi connectivity index (χ1v) is 4.56. The van der Waals surface area contributed by atoms with Gasteiger partial charge in [-0.2, -0.15) is 0 Å². The summed E-state index contributed by atoms with van der Waals surface area (Å²) < 4.78 is 1.83. The normalized spacial score (nSPS) is 10.6. The van der Waals surface area contributed by atoms with Gasteiger partial charge < -0.3 is 10.8 Å². The molecule has 0 aliphatic rings. The largest absolute Gasteiger partial charge is 0.477 e. The number of carbonyl (C=O) groups is 1. The molecule has 0 atom stereocenters. The zero-order chi connectivity index (χ0) is 10.3. The van der Waals surface area contributed by atoms with Gasteiger partial charge in [-0.1, -0.05) is 6.07 Å². The molecule has 0 radical (unpaired) electrons. The molecule has 0 spiro atoms. The Balaban J connectivity index is 2.91. The van der Waals surface area contributed by atoms with Crippen molar-refractivity contribution in [2.75, 3.05) is 5.73 Å². The number of hydrogen-bond acceptors (Lipinski definition) is 3. The van der Waals surface area contributed by atoms with Crippen LogP contribution in [-0.2, 0) is 0 Å². The number of aromatic nitrogens is 2. The summed E-state index contributed by atoms with van der Waals surface area (Å²) in [4.78, 5) is 14.9. The molecule has 2 aromatic rings. The number of hydrogen-bond donors (Lipinski definition) is 2. The van der Waals surface area contributed by atoms with Crippen molar-refractivity contribution in [1.82, 2.24) is 9.38 Å². The Morgan fingerprint density at radius 1 is 1.57 bits per heavy atom. The summed E-state index contributed by atoms with van der Waals surface area (Å²) in [6, 6.07) is 4.78. The second-order valence-electron chi connectivity index (χ2n) is 2.70. The summed E-state index contributed by atoms with van der Waals surface area (Å²) in [7, 11) is 0. The molecule has 0 aliphatic heterocycles. The fourth-order valence-corrected chi connectivity index (χ4v) is 1.61. The van der Waals surface area contributed by atoms with Crippen LogP contribution in [0.15, 0.2) is 22.8 Å². The Kier molecular flexibility index (Phi) is 1.92. The van der Waals surface area contributed by atoms with Crippen LogP contribution < -0.4 is 5.73 Å². The van der Waals surface area contributed by atoms with Crippen molar-refractivity contribution >= 4 is 33.4 Å². The van der Waals surface area contributed by atoms with Gasteiger partial charge in [0.05, 0.1) is 0 Å². The van der Waals surface area contributed by atoms with E-state index in [1.807, 2.05) is 0 Å². The van der Waals surface area contributed by atoms with Gasteiger partial charge in [-0.3, -0.25) is 4.40 Å². The first kappa shape index (κ1) is 9.01. The van der Waals surface area contributed by atoms with Crippen molar-refractivity contribution in [2.45, 2.75) is 0 Å². The SMILES string of the molecule is Nc1c(Br)nc2cccc(C(=O)O)n12. The third-order valence-corrected chi connectivity index (χ3v) is 2.44. The predicted molar refractivity (Wildman–Crippen MR) is 54.3 cm³/mol. The monoisotopic (exact) mass is 255 g/mol. The number of nitrogens with zero attached hydrogens (tertiary/aromatic N) is 2. The minimum atomic E-state index is -1.03. The summed E-state index contributed by atoms with van der Waals surface area (Å²) in [6.07, 6.45) is 0. The number of nitrogen functional groups attached to an aromatic ring is 1. The van der Waals surface area contributed by atoms with Crippen molar-refractivity contribution < 1.29 is 9.90 Å². The number of aromatic carboxylic acids is 1. The van der Waals surface area contributed by atoms with E-state index >= 15 is 0 Å². The zero-order valence-electron chi connectivity index (χ0n) is 6.94. The fourth-order valence-electron chi connectivity index (χ4n) is 1.26. The molecule has 2 heterocycles. The van der Waals surface area contributed by atoms with E-state index in [-0.39, 0.29) is 11.5 Å². The number of carboxylic acids is 1. The molecule has 0 fully saturated rings. The van der Waals surface area contributed by atoms with Crippen LogP contribution in [0.3, 0.4) is 0 Å². The Labute approximate surface area is 87.3 Å². The standard InChI is InChI=1S/C8H6BrN3O2/c9-6-7(10)12-4(8(13)14)2-1-3-5(12)11-6/h1-3H,10H2,(H,13,14). The van der Waals surface area contributed by atoms with Crippen LogP contribution >= 0.6 is 15.9 Å². The smallest absolute Gasteiger partial charge is 0.352 e. The van der Waals surface area contributed by atoms with E-state index in [0.717, 1.165) is 0 Å². The number of anilines is 1. The van der Waals surface area contributed by atoms with Gasteiger partial charge in [0, 0.05) is 0 Å². The highest BCUT2D eigenvalue weighted by Crippen LogP contribution is 2.21. The molecule has 0 unspecified atom stereocenters. The molecule has 0 aliphatic carbocycles. The van der Waals surface area contributed by atoms with E-state index in [1.165, 1.54) is 10.5 Å². The average molecular weight is 256 g/mol. The van der Waals surface area contributed by atoms with Crippen LogP contribution in [0.25, 0.3) is 5.65 Å². The van der Waals surface area contributed by atoms with Crippen molar-refractivity contribution in [2.24, 2.45) is 0 Å². The highest BCUT2D eigenvalue weighted by Gasteiger charge is 2.13. The fraction of sp³-hybridized carbons (Fsp3) is 0. The molecule has 0 saturated heterocycles. The Morgan fingerprint density at radius 3 is 2.93 bits per heavy atom. The number of rotatable bonds is 1. The van der Waals surface area contributed by atoms with Crippen LogP contribution in [0, 0.1) is 0 Å². The maximum absolute atomic E-state index is 10.9. The molecule has 3 N–H and O–H groups in total. The van der Waals surface area contributed by atoms with E-state index in [2.05, 4.69) is 20.9 Å². The minimum Gasteiger partial charge on any atom is -0.477 e.